The zero-order chi connectivity index (χ0) is 10.7. The summed E-state index contributed by atoms with van der Waals surface area (Å²) in [6, 6.07) is 7.38. The van der Waals surface area contributed by atoms with Crippen LogP contribution in [0.25, 0.3) is 10.9 Å². The van der Waals surface area contributed by atoms with Crippen molar-refractivity contribution in [2.24, 2.45) is 0 Å². The SMILES string of the molecule is O=c1ncn(C/C=C/Cl)c2ccccc12. The number of nitrogens with zero attached hydrogens (tertiary/aromatic N) is 2. The fourth-order valence-electron chi connectivity index (χ4n) is 1.46. The average Bonchev–Trinajstić information content (AvgIpc) is 2.29. The largest absolute Gasteiger partial charge is 0.328 e. The molecule has 0 saturated carbocycles. The van der Waals surface area contributed by atoms with E-state index in [-0.39, 0.29) is 5.56 Å². The van der Waals surface area contributed by atoms with Crippen LogP contribution >= 0.6 is 11.6 Å². The lowest BCUT2D eigenvalue weighted by molar-refractivity contribution is 0.820. The Bertz CT molecular complexity index is 560. The molecule has 0 fully saturated rings. The van der Waals surface area contributed by atoms with Gasteiger partial charge in [0.2, 0.25) is 0 Å². The Morgan fingerprint density at radius 2 is 2.20 bits per heavy atom. The molecule has 0 amide bonds. The van der Waals surface area contributed by atoms with Gasteiger partial charge in [0, 0.05) is 12.1 Å². The van der Waals surface area contributed by atoms with Gasteiger partial charge in [-0.2, -0.15) is 4.98 Å². The first-order valence-corrected chi connectivity index (χ1v) is 4.96. The molecule has 0 saturated heterocycles. The van der Waals surface area contributed by atoms with Crippen molar-refractivity contribution >= 4 is 22.5 Å². The van der Waals surface area contributed by atoms with Gasteiger partial charge in [0.1, 0.15) is 0 Å². The number of allylic oxidation sites excluding steroid dienone is 1. The lowest BCUT2D eigenvalue weighted by Gasteiger charge is -2.06. The first-order valence-electron chi connectivity index (χ1n) is 4.52. The van der Waals surface area contributed by atoms with Gasteiger partial charge in [-0.05, 0) is 12.1 Å². The van der Waals surface area contributed by atoms with E-state index in [1.165, 1.54) is 11.9 Å². The van der Waals surface area contributed by atoms with Crippen LogP contribution in [0.15, 0.2) is 47.0 Å². The minimum Gasteiger partial charge on any atom is -0.328 e. The van der Waals surface area contributed by atoms with E-state index in [0.29, 0.717) is 11.9 Å². The van der Waals surface area contributed by atoms with Gasteiger partial charge >= 0.3 is 0 Å². The molecule has 0 aliphatic heterocycles. The minimum absolute atomic E-state index is 0.197. The molecule has 1 aromatic heterocycles. The van der Waals surface area contributed by atoms with Crippen LogP contribution < -0.4 is 5.56 Å². The molecular formula is C11H9ClN2O. The number of halogens is 1. The first-order chi connectivity index (χ1) is 7.33. The second kappa shape index (κ2) is 4.28. The number of hydrogen-bond donors (Lipinski definition) is 0. The number of para-hydroxylation sites is 1. The lowest BCUT2D eigenvalue weighted by atomic mass is 10.2. The Hall–Kier alpha value is -1.61. The standard InChI is InChI=1S/C11H9ClN2O/c12-6-3-7-14-8-13-11(15)9-4-1-2-5-10(9)14/h1-6,8H,7H2/b6-3+. The van der Waals surface area contributed by atoms with E-state index in [9.17, 15) is 4.79 Å². The third-order valence-electron chi connectivity index (χ3n) is 2.15. The molecule has 1 aromatic carbocycles. The Kier molecular flexibility index (Phi) is 2.83. The van der Waals surface area contributed by atoms with Crippen molar-refractivity contribution in [2.45, 2.75) is 6.54 Å². The van der Waals surface area contributed by atoms with Crippen molar-refractivity contribution in [1.29, 1.82) is 0 Å². The zero-order valence-corrected chi connectivity index (χ0v) is 8.69. The topological polar surface area (TPSA) is 34.9 Å². The van der Waals surface area contributed by atoms with Crippen LogP contribution in [0.2, 0.25) is 0 Å². The predicted octanol–water partition coefficient (Wildman–Crippen LogP) is 2.15. The van der Waals surface area contributed by atoms with Crippen molar-refractivity contribution in [1.82, 2.24) is 9.55 Å². The molecule has 1 heterocycles. The quantitative estimate of drug-likeness (QED) is 0.777. The maximum Gasteiger partial charge on any atom is 0.280 e. The molecule has 76 valence electrons. The predicted molar refractivity (Wildman–Crippen MR) is 61.0 cm³/mol. The summed E-state index contributed by atoms with van der Waals surface area (Å²) >= 11 is 5.46. The highest BCUT2D eigenvalue weighted by atomic mass is 35.5. The normalized spacial score (nSPS) is 11.3. The van der Waals surface area contributed by atoms with Crippen molar-refractivity contribution < 1.29 is 0 Å². The summed E-state index contributed by atoms with van der Waals surface area (Å²) in [5.74, 6) is 0. The van der Waals surface area contributed by atoms with Gasteiger partial charge in [-0.3, -0.25) is 4.79 Å². The van der Waals surface area contributed by atoms with Crippen molar-refractivity contribution in [3.8, 4) is 0 Å². The van der Waals surface area contributed by atoms with Crippen molar-refractivity contribution in [2.75, 3.05) is 0 Å². The maximum absolute atomic E-state index is 11.4. The first kappa shape index (κ1) is 9.93. The fourth-order valence-corrected chi connectivity index (χ4v) is 1.54. The molecule has 0 N–H and O–H groups in total. The molecule has 2 rings (SSSR count). The maximum atomic E-state index is 11.4. The lowest BCUT2D eigenvalue weighted by Crippen LogP contribution is -2.11. The van der Waals surface area contributed by atoms with E-state index in [0.717, 1.165) is 5.52 Å². The molecule has 3 nitrogen and oxygen atoms in total. The molecule has 0 unspecified atom stereocenters. The van der Waals surface area contributed by atoms with Gasteiger partial charge in [-0.15, -0.1) is 0 Å². The smallest absolute Gasteiger partial charge is 0.280 e. The molecule has 2 aromatic rings. The van der Waals surface area contributed by atoms with Crippen LogP contribution in [0.1, 0.15) is 0 Å². The number of fused-ring (bicyclic) bond motifs is 1. The Morgan fingerprint density at radius 3 is 3.00 bits per heavy atom. The van der Waals surface area contributed by atoms with Crippen molar-refractivity contribution in [3.63, 3.8) is 0 Å². The Balaban J connectivity index is 2.66. The van der Waals surface area contributed by atoms with E-state index in [1.54, 1.807) is 12.1 Å². The molecular weight excluding hydrogens is 212 g/mol. The minimum atomic E-state index is -0.197. The third-order valence-corrected chi connectivity index (χ3v) is 2.33. The number of benzene rings is 1. The van der Waals surface area contributed by atoms with E-state index in [2.05, 4.69) is 4.98 Å². The molecule has 0 spiro atoms. The van der Waals surface area contributed by atoms with E-state index in [1.807, 2.05) is 22.8 Å². The summed E-state index contributed by atoms with van der Waals surface area (Å²) in [5, 5.41) is 0.628. The van der Waals surface area contributed by atoms with Gasteiger partial charge in [-0.25, -0.2) is 0 Å². The van der Waals surface area contributed by atoms with Crippen LogP contribution in [0.5, 0.6) is 0 Å². The van der Waals surface area contributed by atoms with Gasteiger partial charge in [0.15, 0.2) is 0 Å². The summed E-state index contributed by atoms with van der Waals surface area (Å²) < 4.78 is 1.87. The fraction of sp³-hybridized carbons (Fsp3) is 0.0909. The second-order valence-electron chi connectivity index (χ2n) is 3.08. The molecule has 0 atom stereocenters. The summed E-state index contributed by atoms with van der Waals surface area (Å²) in [4.78, 5) is 15.2. The highest BCUT2D eigenvalue weighted by Crippen LogP contribution is 2.08. The van der Waals surface area contributed by atoms with E-state index in [4.69, 9.17) is 11.6 Å². The van der Waals surface area contributed by atoms with Gasteiger partial charge in [0.05, 0.1) is 17.2 Å². The number of rotatable bonds is 2. The molecule has 0 bridgehead atoms. The summed E-state index contributed by atoms with van der Waals surface area (Å²) in [7, 11) is 0. The van der Waals surface area contributed by atoms with Gasteiger partial charge in [0.25, 0.3) is 5.56 Å². The van der Waals surface area contributed by atoms with Crippen LogP contribution in [0.4, 0.5) is 0 Å². The van der Waals surface area contributed by atoms with Crippen LogP contribution in [0, 0.1) is 0 Å². The highest BCUT2D eigenvalue weighted by Gasteiger charge is 2.00. The van der Waals surface area contributed by atoms with E-state index >= 15 is 0 Å². The number of hydrogen-bond acceptors (Lipinski definition) is 2. The highest BCUT2D eigenvalue weighted by molar-refractivity contribution is 6.25. The van der Waals surface area contributed by atoms with Gasteiger partial charge < -0.3 is 4.57 Å². The van der Waals surface area contributed by atoms with E-state index < -0.39 is 0 Å². The molecule has 0 aliphatic carbocycles. The van der Waals surface area contributed by atoms with Crippen LogP contribution in [-0.4, -0.2) is 9.55 Å². The molecule has 0 aliphatic rings. The Labute approximate surface area is 91.6 Å². The summed E-state index contributed by atoms with van der Waals surface area (Å²) in [6.07, 6.45) is 3.32. The summed E-state index contributed by atoms with van der Waals surface area (Å²) in [5.41, 5.74) is 2.12. The molecule has 15 heavy (non-hydrogen) atoms. The monoisotopic (exact) mass is 220 g/mol. The summed E-state index contributed by atoms with van der Waals surface area (Å²) in [6.45, 7) is 0.608. The van der Waals surface area contributed by atoms with Crippen molar-refractivity contribution in [3.05, 3.63) is 52.6 Å². The number of aromatic nitrogens is 2. The van der Waals surface area contributed by atoms with Crippen LogP contribution in [-0.2, 0) is 6.54 Å². The third kappa shape index (κ3) is 1.92. The molecule has 0 radical (unpaired) electrons. The molecule has 4 heteroatoms. The second-order valence-corrected chi connectivity index (χ2v) is 3.33. The van der Waals surface area contributed by atoms with Gasteiger partial charge in [-0.1, -0.05) is 29.8 Å². The Morgan fingerprint density at radius 1 is 1.40 bits per heavy atom. The zero-order valence-electron chi connectivity index (χ0n) is 7.93. The van der Waals surface area contributed by atoms with Crippen LogP contribution in [0.3, 0.4) is 0 Å². The average molecular weight is 221 g/mol.